The van der Waals surface area contributed by atoms with Gasteiger partial charge in [-0.2, -0.15) is 5.10 Å². The molecule has 0 radical (unpaired) electrons. The molecule has 27 heavy (non-hydrogen) atoms. The van der Waals surface area contributed by atoms with E-state index in [1.54, 1.807) is 6.20 Å². The van der Waals surface area contributed by atoms with Crippen LogP contribution in [-0.4, -0.2) is 34.2 Å². The number of nitrogens with one attached hydrogen (secondary N) is 1. The average molecular weight is 363 g/mol. The number of aromatic amines is 1. The number of H-pyrrole nitrogens is 1. The Morgan fingerprint density at radius 2 is 2.15 bits per heavy atom. The van der Waals surface area contributed by atoms with Gasteiger partial charge in [0.1, 0.15) is 5.75 Å². The Hall–Kier alpha value is -2.99. The molecule has 1 N–H and O–H groups in total. The predicted molar refractivity (Wildman–Crippen MR) is 100 cm³/mol. The molecule has 1 aliphatic heterocycles. The largest absolute Gasteiger partial charge is 0.483 e. The molecule has 0 bridgehead atoms. The molecule has 0 saturated carbocycles. The van der Waals surface area contributed by atoms with E-state index in [0.717, 1.165) is 53.8 Å². The molecule has 2 aromatic heterocycles. The number of rotatable bonds is 7. The molecule has 4 rings (SSSR count). The van der Waals surface area contributed by atoms with Gasteiger partial charge in [-0.05, 0) is 54.2 Å². The normalized spacial score (nSPS) is 15.8. The first-order valence-corrected chi connectivity index (χ1v) is 9.08. The van der Waals surface area contributed by atoms with Crippen molar-refractivity contribution in [2.24, 2.45) is 0 Å². The van der Waals surface area contributed by atoms with E-state index in [0.29, 0.717) is 13.2 Å². The van der Waals surface area contributed by atoms with Gasteiger partial charge in [0.2, 0.25) is 0 Å². The minimum atomic E-state index is -0.318. The summed E-state index contributed by atoms with van der Waals surface area (Å²) in [6, 6.07) is 12.1. The lowest BCUT2D eigenvalue weighted by molar-refractivity contribution is -0.114. The van der Waals surface area contributed by atoms with Crippen LogP contribution in [0.15, 0.2) is 48.8 Å². The molecule has 1 aromatic carbocycles. The van der Waals surface area contributed by atoms with Gasteiger partial charge < -0.3 is 9.47 Å². The van der Waals surface area contributed by atoms with Crippen LogP contribution in [0.25, 0.3) is 11.4 Å². The van der Waals surface area contributed by atoms with Gasteiger partial charge in [-0.1, -0.05) is 18.2 Å². The molecule has 3 aromatic rings. The number of nitrogens with zero attached hydrogens (tertiary/aromatic N) is 2. The Morgan fingerprint density at radius 1 is 1.22 bits per heavy atom. The van der Waals surface area contributed by atoms with E-state index in [9.17, 15) is 4.79 Å². The molecule has 138 valence electrons. The molecule has 0 fully saturated rings. The summed E-state index contributed by atoms with van der Waals surface area (Å²) in [6.45, 7) is 1.13. The van der Waals surface area contributed by atoms with Gasteiger partial charge in [0.25, 0.3) is 0 Å². The first kappa shape index (κ1) is 17.4. The summed E-state index contributed by atoms with van der Waals surface area (Å²) in [4.78, 5) is 15.4. The first-order chi connectivity index (χ1) is 13.3. The molecular weight excluding hydrogens is 342 g/mol. The van der Waals surface area contributed by atoms with Gasteiger partial charge in [-0.3, -0.25) is 14.9 Å². The smallest absolute Gasteiger partial charge is 0.160 e. The van der Waals surface area contributed by atoms with E-state index in [4.69, 9.17) is 9.47 Å². The lowest BCUT2D eigenvalue weighted by Crippen LogP contribution is -2.23. The molecular formula is C21H21N3O3. The van der Waals surface area contributed by atoms with Crippen molar-refractivity contribution < 1.29 is 14.3 Å². The van der Waals surface area contributed by atoms with E-state index >= 15 is 0 Å². The molecule has 0 aliphatic carbocycles. The van der Waals surface area contributed by atoms with E-state index < -0.39 is 0 Å². The van der Waals surface area contributed by atoms with Crippen LogP contribution in [0, 0.1) is 0 Å². The molecule has 1 unspecified atom stereocenters. The maximum atomic E-state index is 10.9. The minimum absolute atomic E-state index is 0.318. The highest BCUT2D eigenvalue weighted by molar-refractivity contribution is 5.58. The zero-order valence-electron chi connectivity index (χ0n) is 14.9. The fraction of sp³-hybridized carbons (Fsp3) is 0.286. The fourth-order valence-electron chi connectivity index (χ4n) is 3.13. The molecule has 3 heterocycles. The second-order valence-electron chi connectivity index (χ2n) is 6.60. The summed E-state index contributed by atoms with van der Waals surface area (Å²) in [7, 11) is 0. The molecule has 6 heteroatoms. The van der Waals surface area contributed by atoms with Crippen molar-refractivity contribution in [2.45, 2.75) is 32.0 Å². The fourth-order valence-corrected chi connectivity index (χ4v) is 3.13. The lowest BCUT2D eigenvalue weighted by Gasteiger charge is -2.22. The van der Waals surface area contributed by atoms with Gasteiger partial charge in [-0.15, -0.1) is 0 Å². The van der Waals surface area contributed by atoms with Gasteiger partial charge in [0, 0.05) is 12.4 Å². The predicted octanol–water partition coefficient (Wildman–Crippen LogP) is 3.12. The van der Waals surface area contributed by atoms with Crippen molar-refractivity contribution in [1.82, 2.24) is 15.2 Å². The number of ether oxygens (including phenoxy) is 2. The Morgan fingerprint density at radius 3 is 2.93 bits per heavy atom. The third-order valence-corrected chi connectivity index (χ3v) is 4.67. The summed E-state index contributed by atoms with van der Waals surface area (Å²) in [5, 5.41) is 6.83. The van der Waals surface area contributed by atoms with Crippen LogP contribution in [0.1, 0.15) is 23.1 Å². The second kappa shape index (κ2) is 8.14. The van der Waals surface area contributed by atoms with E-state index in [2.05, 4.69) is 27.3 Å². The quantitative estimate of drug-likeness (QED) is 0.515. The lowest BCUT2D eigenvalue weighted by atomic mass is 10.00. The Bertz CT molecular complexity index is 892. The van der Waals surface area contributed by atoms with Crippen LogP contribution in [0.2, 0.25) is 0 Å². The number of carbonyl (C=O) groups is 1. The van der Waals surface area contributed by atoms with Crippen LogP contribution in [0.3, 0.4) is 0 Å². The van der Waals surface area contributed by atoms with Crippen LogP contribution in [0.5, 0.6) is 5.75 Å². The Balaban J connectivity index is 1.27. The number of aromatic nitrogens is 3. The third-order valence-electron chi connectivity index (χ3n) is 4.67. The number of aldehydes is 1. The van der Waals surface area contributed by atoms with E-state index in [1.165, 1.54) is 5.56 Å². The van der Waals surface area contributed by atoms with Crippen LogP contribution < -0.4 is 4.74 Å². The number of hydrogen-bond acceptors (Lipinski definition) is 5. The molecule has 0 spiro atoms. The summed E-state index contributed by atoms with van der Waals surface area (Å²) in [5.41, 5.74) is 5.10. The van der Waals surface area contributed by atoms with Crippen LogP contribution in [0.4, 0.5) is 0 Å². The SMILES string of the molecule is O=CC1CCc2ccc(CCOCc3ccc(-c4ccn[nH]4)nc3)cc2O1. The number of carbonyl (C=O) groups excluding carboxylic acids is 1. The molecule has 1 atom stereocenters. The summed E-state index contributed by atoms with van der Waals surface area (Å²) < 4.78 is 11.5. The van der Waals surface area contributed by atoms with Gasteiger partial charge in [-0.25, -0.2) is 0 Å². The van der Waals surface area contributed by atoms with Crippen molar-refractivity contribution in [2.75, 3.05) is 6.61 Å². The number of pyridine rings is 1. The van der Waals surface area contributed by atoms with Crippen LogP contribution in [-0.2, 0) is 29.0 Å². The average Bonchev–Trinajstić information content (AvgIpc) is 3.26. The topological polar surface area (TPSA) is 77.1 Å². The van der Waals surface area contributed by atoms with Crippen molar-refractivity contribution in [3.05, 3.63) is 65.5 Å². The maximum absolute atomic E-state index is 10.9. The molecule has 6 nitrogen and oxygen atoms in total. The molecule has 0 amide bonds. The van der Waals surface area contributed by atoms with E-state index in [1.807, 2.05) is 30.5 Å². The Labute approximate surface area is 157 Å². The van der Waals surface area contributed by atoms with Gasteiger partial charge in [0.15, 0.2) is 12.4 Å². The summed E-state index contributed by atoms with van der Waals surface area (Å²) >= 11 is 0. The standard InChI is InChI=1S/C21H21N3O3/c25-13-18-5-4-17-3-1-15(11-21(17)27-18)8-10-26-14-16-2-6-19(22-12-16)20-7-9-23-24-20/h1-3,6-7,9,11-13,18H,4-5,8,10,14H2,(H,23,24). The highest BCUT2D eigenvalue weighted by Crippen LogP contribution is 2.28. The second-order valence-corrected chi connectivity index (χ2v) is 6.60. The summed E-state index contributed by atoms with van der Waals surface area (Å²) in [5.74, 6) is 0.828. The highest BCUT2D eigenvalue weighted by atomic mass is 16.5. The third kappa shape index (κ3) is 4.23. The summed E-state index contributed by atoms with van der Waals surface area (Å²) in [6.07, 6.45) is 6.53. The van der Waals surface area contributed by atoms with Crippen molar-refractivity contribution in [3.63, 3.8) is 0 Å². The number of benzene rings is 1. The maximum Gasteiger partial charge on any atom is 0.160 e. The first-order valence-electron chi connectivity index (χ1n) is 9.08. The highest BCUT2D eigenvalue weighted by Gasteiger charge is 2.19. The van der Waals surface area contributed by atoms with Crippen LogP contribution >= 0.6 is 0 Å². The molecule has 0 saturated heterocycles. The zero-order chi connectivity index (χ0) is 18.5. The van der Waals surface area contributed by atoms with Gasteiger partial charge in [0.05, 0.1) is 24.6 Å². The monoisotopic (exact) mass is 363 g/mol. The number of aryl methyl sites for hydroxylation is 1. The number of fused-ring (bicyclic) bond motifs is 1. The van der Waals surface area contributed by atoms with Crippen molar-refractivity contribution in [1.29, 1.82) is 0 Å². The minimum Gasteiger partial charge on any atom is -0.483 e. The number of hydrogen-bond donors (Lipinski definition) is 1. The van der Waals surface area contributed by atoms with Crippen molar-refractivity contribution >= 4 is 6.29 Å². The molecule has 1 aliphatic rings. The van der Waals surface area contributed by atoms with Crippen molar-refractivity contribution in [3.8, 4) is 17.1 Å². The van der Waals surface area contributed by atoms with E-state index in [-0.39, 0.29) is 6.10 Å². The zero-order valence-corrected chi connectivity index (χ0v) is 14.9. The Kier molecular flexibility index (Phi) is 5.25. The van der Waals surface area contributed by atoms with Gasteiger partial charge >= 0.3 is 0 Å².